The van der Waals surface area contributed by atoms with E-state index < -0.39 is 0 Å². The summed E-state index contributed by atoms with van der Waals surface area (Å²) in [4.78, 5) is 0. The maximum Gasteiger partial charge on any atom is 0.0621 e. The van der Waals surface area contributed by atoms with Crippen molar-refractivity contribution in [2.45, 2.75) is 103 Å². The van der Waals surface area contributed by atoms with Crippen LogP contribution in [0.2, 0.25) is 0 Å². The van der Waals surface area contributed by atoms with Crippen LogP contribution in [0.4, 0.5) is 0 Å². The van der Waals surface area contributed by atoms with E-state index in [1.807, 2.05) is 0 Å². The van der Waals surface area contributed by atoms with E-state index in [9.17, 15) is 0 Å². The molecule has 0 aliphatic carbocycles. The van der Waals surface area contributed by atoms with Gasteiger partial charge in [0.05, 0.1) is 13.1 Å². The summed E-state index contributed by atoms with van der Waals surface area (Å²) >= 11 is 0. The van der Waals surface area contributed by atoms with Crippen molar-refractivity contribution in [3.05, 3.63) is 0 Å². The third kappa shape index (κ3) is 15.7. The van der Waals surface area contributed by atoms with Crippen LogP contribution in [0, 0.1) is 0 Å². The van der Waals surface area contributed by atoms with Crippen molar-refractivity contribution in [2.75, 3.05) is 13.1 Å². The van der Waals surface area contributed by atoms with Crippen LogP contribution in [0.5, 0.6) is 0 Å². The number of rotatable bonds is 0. The first-order valence-electron chi connectivity index (χ1n) is 10.1. The zero-order chi connectivity index (χ0) is 17.0. The largest absolute Gasteiger partial charge is 0.167 e. The highest BCUT2D eigenvalue weighted by Crippen LogP contribution is 2.13. The zero-order valence-corrected chi connectivity index (χ0v) is 15.4. The molecular formula is C18H36N6. The standard InChI is InChI=1S/C18H36N6/c1-2-4-6-8-10-12-14-16-18-20-22-24-23-21-19-17-15-13-11-9-7-5-3-1/h1-18H2. The first kappa shape index (κ1) is 20.8. The van der Waals surface area contributed by atoms with Crippen LogP contribution in [0.1, 0.15) is 103 Å². The fourth-order valence-electron chi connectivity index (χ4n) is 3.02. The summed E-state index contributed by atoms with van der Waals surface area (Å²) in [5.41, 5.74) is 0. The van der Waals surface area contributed by atoms with E-state index in [4.69, 9.17) is 0 Å². The summed E-state index contributed by atoms with van der Waals surface area (Å²) in [6.07, 6.45) is 21.3. The summed E-state index contributed by atoms with van der Waals surface area (Å²) < 4.78 is 0. The van der Waals surface area contributed by atoms with Crippen molar-refractivity contribution in [3.63, 3.8) is 0 Å². The molecule has 1 heterocycles. The lowest BCUT2D eigenvalue weighted by molar-refractivity contribution is 0.527. The fourth-order valence-corrected chi connectivity index (χ4v) is 3.02. The maximum atomic E-state index is 3.97. The minimum absolute atomic E-state index is 0.732. The SMILES string of the molecule is C1CCCCCCCCCN=NN=NN=NCCCCCCCC1. The first-order chi connectivity index (χ1) is 12.0. The minimum Gasteiger partial charge on any atom is -0.167 e. The number of hydrogen-bond donors (Lipinski definition) is 0. The molecule has 1 aliphatic heterocycles. The second-order valence-corrected chi connectivity index (χ2v) is 6.74. The van der Waals surface area contributed by atoms with E-state index in [1.165, 1.54) is 89.9 Å². The van der Waals surface area contributed by atoms with Gasteiger partial charge < -0.3 is 0 Å². The number of hydrogen-bond acceptors (Lipinski definition) is 6. The molecule has 0 atom stereocenters. The Balaban J connectivity index is 2.15. The third-order valence-corrected chi connectivity index (χ3v) is 4.51. The van der Waals surface area contributed by atoms with E-state index in [2.05, 4.69) is 31.1 Å². The van der Waals surface area contributed by atoms with Crippen molar-refractivity contribution in [1.82, 2.24) is 0 Å². The fraction of sp³-hybridized carbons (Fsp3) is 1.00. The lowest BCUT2D eigenvalue weighted by Gasteiger charge is -2.03. The van der Waals surface area contributed by atoms with Crippen molar-refractivity contribution in [1.29, 1.82) is 0 Å². The van der Waals surface area contributed by atoms with Crippen LogP contribution in [0.3, 0.4) is 0 Å². The monoisotopic (exact) mass is 336 g/mol. The lowest BCUT2D eigenvalue weighted by atomic mass is 10.0. The van der Waals surface area contributed by atoms with Gasteiger partial charge in [-0.25, -0.2) is 0 Å². The van der Waals surface area contributed by atoms with Crippen LogP contribution >= 0.6 is 0 Å². The molecule has 24 heavy (non-hydrogen) atoms. The highest BCUT2D eigenvalue weighted by Gasteiger charge is 1.95. The van der Waals surface area contributed by atoms with E-state index >= 15 is 0 Å². The lowest BCUT2D eigenvalue weighted by Crippen LogP contribution is -1.85. The molecule has 0 aromatic carbocycles. The maximum absolute atomic E-state index is 3.97. The van der Waals surface area contributed by atoms with Gasteiger partial charge in [0.1, 0.15) is 0 Å². The normalized spacial score (nSPS) is 22.0. The molecule has 6 heteroatoms. The van der Waals surface area contributed by atoms with Crippen LogP contribution in [0.15, 0.2) is 31.1 Å². The molecule has 1 aliphatic rings. The predicted octanol–water partition coefficient (Wildman–Crippen LogP) is 7.43. The summed E-state index contributed by atoms with van der Waals surface area (Å²) in [5.74, 6) is 0. The number of nitrogens with zero attached hydrogens (tertiary/aromatic N) is 6. The van der Waals surface area contributed by atoms with Crippen molar-refractivity contribution < 1.29 is 0 Å². The molecule has 0 aromatic rings. The molecule has 0 amide bonds. The highest BCUT2D eigenvalue weighted by molar-refractivity contribution is 4.51. The van der Waals surface area contributed by atoms with Gasteiger partial charge in [-0.3, -0.25) is 0 Å². The predicted molar refractivity (Wildman–Crippen MR) is 98.2 cm³/mol. The van der Waals surface area contributed by atoms with E-state index in [-0.39, 0.29) is 0 Å². The second kappa shape index (κ2) is 18.1. The van der Waals surface area contributed by atoms with Gasteiger partial charge in [0, 0.05) is 0 Å². The summed E-state index contributed by atoms with van der Waals surface area (Å²) in [7, 11) is 0. The Labute approximate surface area is 147 Å². The van der Waals surface area contributed by atoms with Gasteiger partial charge in [-0.15, -0.1) is 0 Å². The average Bonchev–Trinajstić information content (AvgIpc) is 2.59. The topological polar surface area (TPSA) is 74.2 Å². The van der Waals surface area contributed by atoms with Crippen molar-refractivity contribution in [2.24, 2.45) is 31.1 Å². The Morgan fingerprint density at radius 3 is 0.792 bits per heavy atom. The minimum atomic E-state index is 0.732. The van der Waals surface area contributed by atoms with Gasteiger partial charge in [-0.1, -0.05) is 89.9 Å². The summed E-state index contributed by atoms with van der Waals surface area (Å²) in [5, 5.41) is 22.3. The van der Waals surface area contributed by atoms with Crippen LogP contribution in [-0.4, -0.2) is 13.1 Å². The molecule has 0 saturated carbocycles. The van der Waals surface area contributed by atoms with Gasteiger partial charge in [0.15, 0.2) is 0 Å². The van der Waals surface area contributed by atoms with Crippen LogP contribution < -0.4 is 0 Å². The average molecular weight is 337 g/mol. The van der Waals surface area contributed by atoms with Crippen molar-refractivity contribution >= 4 is 0 Å². The van der Waals surface area contributed by atoms with Crippen molar-refractivity contribution in [3.8, 4) is 0 Å². The Bertz CT molecular complexity index is 308. The van der Waals surface area contributed by atoms with Gasteiger partial charge in [-0.2, -0.15) is 10.2 Å². The Hall–Kier alpha value is -1.20. The Morgan fingerprint density at radius 2 is 0.500 bits per heavy atom. The molecule has 0 fully saturated rings. The summed E-state index contributed by atoms with van der Waals surface area (Å²) in [6, 6.07) is 0. The highest BCUT2D eigenvalue weighted by atomic mass is 15.6. The quantitative estimate of drug-likeness (QED) is 0.441. The van der Waals surface area contributed by atoms with E-state index in [0.29, 0.717) is 0 Å². The molecule has 0 unspecified atom stereocenters. The zero-order valence-electron chi connectivity index (χ0n) is 15.4. The van der Waals surface area contributed by atoms with Gasteiger partial charge >= 0.3 is 0 Å². The molecule has 0 bridgehead atoms. The third-order valence-electron chi connectivity index (χ3n) is 4.51. The van der Waals surface area contributed by atoms with Gasteiger partial charge in [-0.05, 0) is 33.7 Å². The molecule has 1 rings (SSSR count). The smallest absolute Gasteiger partial charge is 0.0621 e. The van der Waals surface area contributed by atoms with Crippen LogP contribution in [-0.2, 0) is 0 Å². The van der Waals surface area contributed by atoms with E-state index in [0.717, 1.165) is 25.9 Å². The van der Waals surface area contributed by atoms with Gasteiger partial charge in [0.25, 0.3) is 0 Å². The summed E-state index contributed by atoms with van der Waals surface area (Å²) in [6.45, 7) is 1.46. The molecule has 0 N–H and O–H groups in total. The first-order valence-corrected chi connectivity index (χ1v) is 10.1. The van der Waals surface area contributed by atoms with Gasteiger partial charge in [0.2, 0.25) is 0 Å². The second-order valence-electron chi connectivity index (χ2n) is 6.74. The molecular weight excluding hydrogens is 300 g/mol. The molecule has 138 valence electrons. The molecule has 6 nitrogen and oxygen atoms in total. The molecule has 0 spiro atoms. The Morgan fingerprint density at radius 1 is 0.250 bits per heavy atom. The molecule has 0 radical (unpaired) electrons. The molecule has 0 aromatic heterocycles. The van der Waals surface area contributed by atoms with E-state index in [1.54, 1.807) is 0 Å². The van der Waals surface area contributed by atoms with Crippen LogP contribution in [0.25, 0.3) is 0 Å². The molecule has 0 saturated heterocycles. The Kier molecular flexibility index (Phi) is 15.8.